The minimum atomic E-state index is -0.252. The van der Waals surface area contributed by atoms with Gasteiger partial charge >= 0.3 is 0 Å². The number of methoxy groups -OCH3 is 1. The van der Waals surface area contributed by atoms with Gasteiger partial charge < -0.3 is 15.0 Å². The summed E-state index contributed by atoms with van der Waals surface area (Å²) in [5.41, 5.74) is 1.71. The molecule has 2 atom stereocenters. The quantitative estimate of drug-likeness (QED) is 0.749. The van der Waals surface area contributed by atoms with Crippen LogP contribution in [0.2, 0.25) is 0 Å². The largest absolute Gasteiger partial charge is 0.497 e. The highest BCUT2D eigenvalue weighted by molar-refractivity contribution is 5.95. The summed E-state index contributed by atoms with van der Waals surface area (Å²) in [7, 11) is 1.63. The normalized spacial score (nSPS) is 18.7. The zero-order chi connectivity index (χ0) is 19.9. The first kappa shape index (κ1) is 19.9. The minimum Gasteiger partial charge on any atom is -0.497 e. The predicted molar refractivity (Wildman–Crippen MR) is 109 cm³/mol. The fraction of sp³-hybridized carbons (Fsp3) is 0.391. The Balaban J connectivity index is 1.81. The Bertz CT molecular complexity index is 789. The summed E-state index contributed by atoms with van der Waals surface area (Å²) in [6.45, 7) is 3.74. The maximum atomic E-state index is 12.9. The molecule has 2 amide bonds. The second-order valence-electron chi connectivity index (χ2n) is 7.21. The van der Waals surface area contributed by atoms with E-state index < -0.39 is 0 Å². The number of benzene rings is 2. The number of amides is 2. The van der Waals surface area contributed by atoms with Crippen LogP contribution in [0.25, 0.3) is 0 Å². The summed E-state index contributed by atoms with van der Waals surface area (Å²) in [6.07, 6.45) is 1.99. The molecule has 0 radical (unpaired) electrons. The molecule has 2 unspecified atom stereocenters. The molecule has 5 nitrogen and oxygen atoms in total. The number of nitrogens with one attached hydrogen (secondary N) is 1. The number of hydrogen-bond donors (Lipinski definition) is 1. The zero-order valence-corrected chi connectivity index (χ0v) is 16.6. The Hall–Kier alpha value is -2.82. The van der Waals surface area contributed by atoms with Crippen LogP contribution in [0.15, 0.2) is 54.6 Å². The van der Waals surface area contributed by atoms with Gasteiger partial charge in [0.25, 0.3) is 5.91 Å². The number of carbonyl (C=O) groups is 2. The molecule has 0 bridgehead atoms. The summed E-state index contributed by atoms with van der Waals surface area (Å²) in [5, 5.41) is 3.05. The maximum Gasteiger partial charge on any atom is 0.253 e. The van der Waals surface area contributed by atoms with Gasteiger partial charge in [0, 0.05) is 31.1 Å². The minimum absolute atomic E-state index is 0.0250. The lowest BCUT2D eigenvalue weighted by atomic mass is 9.88. The molecule has 1 aliphatic heterocycles. The van der Waals surface area contributed by atoms with E-state index in [1.165, 1.54) is 0 Å². The molecule has 1 N–H and O–H groups in total. The fourth-order valence-corrected chi connectivity index (χ4v) is 3.71. The van der Waals surface area contributed by atoms with E-state index in [0.717, 1.165) is 24.2 Å². The highest BCUT2D eigenvalue weighted by atomic mass is 16.5. The number of likely N-dealkylation sites (tertiary alicyclic amines) is 1. The summed E-state index contributed by atoms with van der Waals surface area (Å²) >= 11 is 0. The van der Waals surface area contributed by atoms with E-state index in [-0.39, 0.29) is 23.7 Å². The Morgan fingerprint density at radius 2 is 1.79 bits per heavy atom. The molecule has 28 heavy (non-hydrogen) atoms. The van der Waals surface area contributed by atoms with E-state index in [9.17, 15) is 9.59 Å². The van der Waals surface area contributed by atoms with Crippen molar-refractivity contribution in [1.29, 1.82) is 0 Å². The molecule has 1 fully saturated rings. The number of carbonyl (C=O) groups excluding carboxylic acids is 2. The van der Waals surface area contributed by atoms with Crippen molar-refractivity contribution in [3.05, 3.63) is 65.7 Å². The van der Waals surface area contributed by atoms with Gasteiger partial charge in [-0.1, -0.05) is 43.7 Å². The Labute approximate surface area is 166 Å². The molecule has 0 spiro atoms. The van der Waals surface area contributed by atoms with Crippen LogP contribution >= 0.6 is 0 Å². The second kappa shape index (κ2) is 9.40. The first-order valence-corrected chi connectivity index (χ1v) is 9.90. The fourth-order valence-electron chi connectivity index (χ4n) is 3.71. The molecule has 0 saturated carbocycles. The lowest BCUT2D eigenvalue weighted by Gasteiger charge is -2.18. The summed E-state index contributed by atoms with van der Waals surface area (Å²) in [4.78, 5) is 27.6. The van der Waals surface area contributed by atoms with Crippen LogP contribution in [0.3, 0.4) is 0 Å². The van der Waals surface area contributed by atoms with E-state index in [2.05, 4.69) is 12.2 Å². The van der Waals surface area contributed by atoms with Crippen molar-refractivity contribution in [3.8, 4) is 5.75 Å². The highest BCUT2D eigenvalue weighted by Crippen LogP contribution is 2.34. The monoisotopic (exact) mass is 380 g/mol. The Kier molecular flexibility index (Phi) is 6.69. The second-order valence-corrected chi connectivity index (χ2v) is 7.21. The molecule has 0 aliphatic carbocycles. The third kappa shape index (κ3) is 4.53. The predicted octanol–water partition coefficient (Wildman–Crippen LogP) is 3.47. The number of ether oxygens (including phenoxy) is 1. The van der Waals surface area contributed by atoms with Crippen LogP contribution in [0.1, 0.15) is 41.6 Å². The molecular formula is C23H28N2O3. The van der Waals surface area contributed by atoms with Crippen molar-refractivity contribution in [2.45, 2.75) is 25.7 Å². The number of hydrogen-bond acceptors (Lipinski definition) is 3. The molecule has 2 aromatic rings. The van der Waals surface area contributed by atoms with Gasteiger partial charge in [-0.15, -0.1) is 0 Å². The zero-order valence-electron chi connectivity index (χ0n) is 16.6. The summed E-state index contributed by atoms with van der Waals surface area (Å²) in [6, 6.07) is 17.0. The van der Waals surface area contributed by atoms with Crippen molar-refractivity contribution in [3.63, 3.8) is 0 Å². The maximum absolute atomic E-state index is 12.9. The molecule has 2 aromatic carbocycles. The van der Waals surface area contributed by atoms with E-state index in [4.69, 9.17) is 4.74 Å². The van der Waals surface area contributed by atoms with Gasteiger partial charge in [-0.3, -0.25) is 9.59 Å². The molecular weight excluding hydrogens is 352 g/mol. The van der Waals surface area contributed by atoms with Gasteiger partial charge in [0.05, 0.1) is 13.0 Å². The van der Waals surface area contributed by atoms with Gasteiger partial charge in [-0.25, -0.2) is 0 Å². The molecule has 3 rings (SSSR count). The Morgan fingerprint density at radius 1 is 1.07 bits per heavy atom. The Morgan fingerprint density at radius 3 is 2.43 bits per heavy atom. The molecule has 1 saturated heterocycles. The van der Waals surface area contributed by atoms with Crippen LogP contribution in [0.5, 0.6) is 5.75 Å². The first-order valence-electron chi connectivity index (χ1n) is 9.90. The first-order chi connectivity index (χ1) is 13.6. The van der Waals surface area contributed by atoms with E-state index >= 15 is 0 Å². The number of unbranched alkanes of at least 4 members (excludes halogenated alkanes) is 1. The SMILES string of the molecule is CCCCNC(=O)C1CN(C(=O)c2ccccc2)CC1c1ccc(OC)cc1. The van der Waals surface area contributed by atoms with Crippen molar-refractivity contribution < 1.29 is 14.3 Å². The van der Waals surface area contributed by atoms with Crippen molar-refractivity contribution >= 4 is 11.8 Å². The average molecular weight is 380 g/mol. The van der Waals surface area contributed by atoms with Crippen LogP contribution in [0.4, 0.5) is 0 Å². The van der Waals surface area contributed by atoms with Gasteiger partial charge in [-0.05, 0) is 36.2 Å². The number of rotatable bonds is 7. The summed E-state index contributed by atoms with van der Waals surface area (Å²) in [5.74, 6) is 0.502. The van der Waals surface area contributed by atoms with Crippen molar-refractivity contribution in [2.24, 2.45) is 5.92 Å². The van der Waals surface area contributed by atoms with Crippen LogP contribution in [-0.2, 0) is 4.79 Å². The summed E-state index contributed by atoms with van der Waals surface area (Å²) < 4.78 is 5.24. The lowest BCUT2D eigenvalue weighted by Crippen LogP contribution is -2.36. The average Bonchev–Trinajstić information content (AvgIpc) is 3.19. The molecule has 5 heteroatoms. The van der Waals surface area contributed by atoms with Crippen molar-refractivity contribution in [2.75, 3.05) is 26.7 Å². The van der Waals surface area contributed by atoms with Crippen molar-refractivity contribution in [1.82, 2.24) is 10.2 Å². The van der Waals surface area contributed by atoms with Crippen LogP contribution in [0, 0.1) is 5.92 Å². The van der Waals surface area contributed by atoms with Gasteiger partial charge in [0.15, 0.2) is 0 Å². The molecule has 148 valence electrons. The molecule has 1 heterocycles. The smallest absolute Gasteiger partial charge is 0.253 e. The van der Waals surface area contributed by atoms with E-state index in [1.807, 2.05) is 54.6 Å². The van der Waals surface area contributed by atoms with Gasteiger partial charge in [0.2, 0.25) is 5.91 Å². The third-order valence-electron chi connectivity index (χ3n) is 5.34. The topological polar surface area (TPSA) is 58.6 Å². The van der Waals surface area contributed by atoms with Crippen LogP contribution < -0.4 is 10.1 Å². The standard InChI is InChI=1S/C23H28N2O3/c1-3-4-14-24-22(26)21-16-25(23(27)18-8-6-5-7-9-18)15-20(21)17-10-12-19(28-2)13-11-17/h5-13,20-21H,3-4,14-16H2,1-2H3,(H,24,26). The lowest BCUT2D eigenvalue weighted by molar-refractivity contribution is -0.124. The third-order valence-corrected chi connectivity index (χ3v) is 5.34. The van der Waals surface area contributed by atoms with Crippen LogP contribution in [-0.4, -0.2) is 43.5 Å². The van der Waals surface area contributed by atoms with E-state index in [0.29, 0.717) is 25.2 Å². The number of nitrogens with zero attached hydrogens (tertiary/aromatic N) is 1. The van der Waals surface area contributed by atoms with Gasteiger partial charge in [-0.2, -0.15) is 0 Å². The molecule has 0 aromatic heterocycles. The molecule has 1 aliphatic rings. The van der Waals surface area contributed by atoms with E-state index in [1.54, 1.807) is 12.0 Å². The highest BCUT2D eigenvalue weighted by Gasteiger charge is 2.40. The van der Waals surface area contributed by atoms with Gasteiger partial charge in [0.1, 0.15) is 5.75 Å².